The van der Waals surface area contributed by atoms with Gasteiger partial charge in [-0.1, -0.05) is 12.1 Å². The molecule has 2 aliphatic heterocycles. The molecule has 0 saturated carbocycles. The van der Waals surface area contributed by atoms with Crippen LogP contribution in [0.25, 0.3) is 0 Å². The van der Waals surface area contributed by atoms with Crippen LogP contribution in [0.5, 0.6) is 0 Å². The van der Waals surface area contributed by atoms with E-state index in [1.54, 1.807) is 24.8 Å². The Morgan fingerprint density at radius 3 is 2.21 bits per heavy atom. The van der Waals surface area contributed by atoms with Crippen molar-refractivity contribution in [3.63, 3.8) is 0 Å². The maximum absolute atomic E-state index is 13.8. The van der Waals surface area contributed by atoms with Crippen LogP contribution in [0.1, 0.15) is 71.4 Å². The van der Waals surface area contributed by atoms with E-state index in [1.807, 2.05) is 9.13 Å². The van der Waals surface area contributed by atoms with Gasteiger partial charge in [0, 0.05) is 25.4 Å². The minimum Gasteiger partial charge on any atom is -0.369 e. The maximum Gasteiger partial charge on any atom is 0.416 e. The van der Waals surface area contributed by atoms with Crippen LogP contribution in [0.15, 0.2) is 55.1 Å². The second kappa shape index (κ2) is 11.0. The van der Waals surface area contributed by atoms with E-state index in [1.165, 1.54) is 19.1 Å². The van der Waals surface area contributed by atoms with Gasteiger partial charge >= 0.3 is 12.4 Å². The largest absolute Gasteiger partial charge is 0.416 e. The molecule has 1 saturated heterocycles. The molecule has 0 unspecified atom stereocenters. The van der Waals surface area contributed by atoms with Crippen molar-refractivity contribution in [2.45, 2.75) is 68.9 Å². The van der Waals surface area contributed by atoms with E-state index in [0.29, 0.717) is 48.9 Å². The molecule has 6 rings (SSSR count). The number of nitrogens with zero attached hydrogens (tertiary/aromatic N) is 6. The summed E-state index contributed by atoms with van der Waals surface area (Å²) in [4.78, 5) is 0. The summed E-state index contributed by atoms with van der Waals surface area (Å²) in [5.41, 5.74) is -2.39. The standard InChI is InChI=1S/C28H26F7N7O/c1-15(17-6-18(27(30,31)32)8-19(7-17)28(33,34)35)43-24-10-25-39-40-26(23-9-21(11-36-23)41-13-37-38-14-41)42(25)12-22(24)16-2-4-20(29)5-3-16/h2-8,13-15,21-24,36H,9-12H2,1H3/t15-,21-,22-,23+,24+/m1/s1. The molecule has 43 heavy (non-hydrogen) atoms. The normalized spacial score (nSPS) is 23.3. The van der Waals surface area contributed by atoms with Gasteiger partial charge in [0.25, 0.3) is 0 Å². The summed E-state index contributed by atoms with van der Waals surface area (Å²) in [6, 6.07) is 7.19. The first kappa shape index (κ1) is 29.2. The lowest BCUT2D eigenvalue weighted by Gasteiger charge is -2.35. The van der Waals surface area contributed by atoms with Crippen LogP contribution in [-0.2, 0) is 30.1 Å². The lowest BCUT2D eigenvalue weighted by atomic mass is 9.88. The van der Waals surface area contributed by atoms with Crippen LogP contribution in [0.2, 0.25) is 0 Å². The molecule has 2 aromatic carbocycles. The van der Waals surface area contributed by atoms with Gasteiger partial charge in [-0.15, -0.1) is 20.4 Å². The number of hydrogen-bond acceptors (Lipinski definition) is 6. The predicted molar refractivity (Wildman–Crippen MR) is 137 cm³/mol. The summed E-state index contributed by atoms with van der Waals surface area (Å²) < 4.78 is 105. The van der Waals surface area contributed by atoms with E-state index in [9.17, 15) is 30.7 Å². The Hall–Kier alpha value is -3.85. The average molecular weight is 610 g/mol. The van der Waals surface area contributed by atoms with Crippen molar-refractivity contribution in [2.24, 2.45) is 0 Å². The Morgan fingerprint density at radius 2 is 1.58 bits per heavy atom. The number of nitrogens with one attached hydrogen (secondary N) is 1. The highest BCUT2D eigenvalue weighted by atomic mass is 19.4. The van der Waals surface area contributed by atoms with Gasteiger partial charge in [0.2, 0.25) is 0 Å². The number of alkyl halides is 6. The molecule has 4 heterocycles. The lowest BCUT2D eigenvalue weighted by molar-refractivity contribution is -0.143. The zero-order valence-electron chi connectivity index (χ0n) is 22.6. The highest BCUT2D eigenvalue weighted by Crippen LogP contribution is 2.40. The SMILES string of the molecule is C[C@@H](O[C@H]1Cc2nnc([C@@H]3C[C@@H](n4cnnc4)CN3)n2C[C@@H]1c1ccc(F)cc1)c1cc(C(F)(F)F)cc(C(F)(F)F)c1. The number of hydrogen-bond donors (Lipinski definition) is 1. The van der Waals surface area contributed by atoms with Crippen LogP contribution in [-0.4, -0.2) is 42.2 Å². The number of benzene rings is 2. The molecule has 0 aliphatic carbocycles. The number of rotatable bonds is 6. The van der Waals surface area contributed by atoms with Crippen LogP contribution in [0, 0.1) is 5.82 Å². The van der Waals surface area contributed by atoms with Gasteiger partial charge in [-0.3, -0.25) is 0 Å². The van der Waals surface area contributed by atoms with Crippen LogP contribution in [0.4, 0.5) is 30.7 Å². The minimum atomic E-state index is -4.98. The number of halogens is 7. The summed E-state index contributed by atoms with van der Waals surface area (Å²) in [7, 11) is 0. The molecule has 2 aliphatic rings. The fourth-order valence-corrected chi connectivity index (χ4v) is 5.86. The summed E-state index contributed by atoms with van der Waals surface area (Å²) in [5, 5.41) is 20.0. The smallest absolute Gasteiger partial charge is 0.369 e. The summed E-state index contributed by atoms with van der Waals surface area (Å²) in [6.07, 6.45) is -7.62. The van der Waals surface area contributed by atoms with Crippen molar-refractivity contribution >= 4 is 0 Å². The zero-order chi connectivity index (χ0) is 30.5. The van der Waals surface area contributed by atoms with Crippen molar-refractivity contribution in [1.82, 2.24) is 34.8 Å². The Bertz CT molecular complexity index is 1540. The van der Waals surface area contributed by atoms with E-state index in [-0.39, 0.29) is 30.1 Å². The van der Waals surface area contributed by atoms with Gasteiger partial charge in [0.15, 0.2) is 0 Å². The third-order valence-electron chi connectivity index (χ3n) is 8.10. The Labute approximate surface area is 240 Å². The Morgan fingerprint density at radius 1 is 0.930 bits per heavy atom. The molecule has 0 radical (unpaired) electrons. The first-order valence-corrected chi connectivity index (χ1v) is 13.6. The van der Waals surface area contributed by atoms with Crippen molar-refractivity contribution in [3.8, 4) is 0 Å². The predicted octanol–water partition coefficient (Wildman–Crippen LogP) is 5.81. The van der Waals surface area contributed by atoms with Gasteiger partial charge < -0.3 is 19.2 Å². The van der Waals surface area contributed by atoms with E-state index in [0.717, 1.165) is 0 Å². The quantitative estimate of drug-likeness (QED) is 0.278. The molecule has 1 N–H and O–H groups in total. The van der Waals surface area contributed by atoms with Gasteiger partial charge in [0.05, 0.1) is 35.4 Å². The van der Waals surface area contributed by atoms with Crippen molar-refractivity contribution in [2.75, 3.05) is 6.54 Å². The highest BCUT2D eigenvalue weighted by molar-refractivity contribution is 5.35. The van der Waals surface area contributed by atoms with Crippen LogP contribution >= 0.6 is 0 Å². The molecule has 5 atom stereocenters. The number of fused-ring (bicyclic) bond motifs is 1. The minimum absolute atomic E-state index is 0.0904. The fraction of sp³-hybridized carbons (Fsp3) is 0.429. The van der Waals surface area contributed by atoms with Crippen molar-refractivity contribution < 1.29 is 35.5 Å². The molecule has 4 aromatic rings. The molecular weight excluding hydrogens is 583 g/mol. The third kappa shape index (κ3) is 6.00. The van der Waals surface area contributed by atoms with E-state index in [4.69, 9.17) is 4.74 Å². The topological polar surface area (TPSA) is 82.7 Å². The number of ether oxygens (including phenoxy) is 1. The molecule has 0 amide bonds. The zero-order valence-corrected chi connectivity index (χ0v) is 22.6. The third-order valence-corrected chi connectivity index (χ3v) is 8.10. The molecule has 8 nitrogen and oxygen atoms in total. The second-order valence-corrected chi connectivity index (χ2v) is 10.9. The molecule has 0 bridgehead atoms. The van der Waals surface area contributed by atoms with Crippen LogP contribution in [0.3, 0.4) is 0 Å². The van der Waals surface area contributed by atoms with Gasteiger partial charge in [-0.05, 0) is 54.8 Å². The number of aromatic nitrogens is 6. The molecular formula is C28H26F7N7O. The molecule has 15 heteroatoms. The van der Waals surface area contributed by atoms with E-state index >= 15 is 0 Å². The van der Waals surface area contributed by atoms with Crippen LogP contribution < -0.4 is 5.32 Å². The van der Waals surface area contributed by atoms with Gasteiger partial charge in [0.1, 0.15) is 30.1 Å². The van der Waals surface area contributed by atoms with Crippen molar-refractivity contribution in [3.05, 3.63) is 94.8 Å². The van der Waals surface area contributed by atoms with E-state index < -0.39 is 47.4 Å². The first-order valence-electron chi connectivity index (χ1n) is 13.6. The second-order valence-electron chi connectivity index (χ2n) is 10.9. The average Bonchev–Trinajstić information content (AvgIpc) is 3.72. The summed E-state index contributed by atoms with van der Waals surface area (Å²) in [6.45, 7) is 2.38. The van der Waals surface area contributed by atoms with Crippen molar-refractivity contribution in [1.29, 1.82) is 0 Å². The molecule has 1 fully saturated rings. The first-order chi connectivity index (χ1) is 20.4. The summed E-state index contributed by atoms with van der Waals surface area (Å²) in [5.74, 6) is 0.389. The molecule has 0 spiro atoms. The van der Waals surface area contributed by atoms with E-state index in [2.05, 4.69) is 25.7 Å². The van der Waals surface area contributed by atoms with Gasteiger partial charge in [-0.25, -0.2) is 4.39 Å². The monoisotopic (exact) mass is 609 g/mol. The van der Waals surface area contributed by atoms with Gasteiger partial charge in [-0.2, -0.15) is 26.3 Å². The lowest BCUT2D eigenvalue weighted by Crippen LogP contribution is -2.36. The Balaban J connectivity index is 1.30. The molecule has 2 aromatic heterocycles. The summed E-state index contributed by atoms with van der Waals surface area (Å²) >= 11 is 0. The fourth-order valence-electron chi connectivity index (χ4n) is 5.86. The highest BCUT2D eigenvalue weighted by Gasteiger charge is 2.40. The molecule has 228 valence electrons. The maximum atomic E-state index is 13.8. The Kier molecular flexibility index (Phi) is 7.49.